The SMILES string of the molecule is O=C1S/C(=C\c2cc(Br)cc(Cl)c2O)C(=O)N1Cc1ccc(Cl)cc1. The van der Waals surface area contributed by atoms with Crippen LogP contribution in [0.4, 0.5) is 4.79 Å². The molecule has 25 heavy (non-hydrogen) atoms. The second kappa shape index (κ2) is 7.41. The molecule has 0 aliphatic carbocycles. The van der Waals surface area contributed by atoms with E-state index in [1.54, 1.807) is 36.4 Å². The number of hydrogen-bond donors (Lipinski definition) is 1. The fourth-order valence-electron chi connectivity index (χ4n) is 2.25. The highest BCUT2D eigenvalue weighted by molar-refractivity contribution is 9.10. The van der Waals surface area contributed by atoms with Crippen molar-refractivity contribution < 1.29 is 14.7 Å². The molecule has 1 N–H and O–H groups in total. The lowest BCUT2D eigenvalue weighted by Crippen LogP contribution is -2.27. The zero-order valence-corrected chi connectivity index (χ0v) is 16.4. The van der Waals surface area contributed by atoms with E-state index in [2.05, 4.69) is 15.9 Å². The van der Waals surface area contributed by atoms with Crippen molar-refractivity contribution in [3.63, 3.8) is 0 Å². The lowest BCUT2D eigenvalue weighted by atomic mass is 10.1. The topological polar surface area (TPSA) is 57.6 Å². The minimum Gasteiger partial charge on any atom is -0.506 e. The average molecular weight is 459 g/mol. The Morgan fingerprint density at radius 3 is 2.52 bits per heavy atom. The predicted molar refractivity (Wildman–Crippen MR) is 104 cm³/mol. The fourth-order valence-corrected chi connectivity index (χ4v) is 4.03. The minimum absolute atomic E-state index is 0.144. The third kappa shape index (κ3) is 4.03. The zero-order chi connectivity index (χ0) is 18.1. The first-order valence-electron chi connectivity index (χ1n) is 7.03. The monoisotopic (exact) mass is 457 g/mol. The van der Waals surface area contributed by atoms with E-state index in [1.807, 2.05) is 0 Å². The molecule has 0 aromatic heterocycles. The number of phenols is 1. The summed E-state index contributed by atoms with van der Waals surface area (Å²) in [5.41, 5.74) is 1.15. The minimum atomic E-state index is -0.416. The van der Waals surface area contributed by atoms with Crippen LogP contribution in [0.3, 0.4) is 0 Å². The van der Waals surface area contributed by atoms with Crippen LogP contribution in [0, 0.1) is 0 Å². The van der Waals surface area contributed by atoms with E-state index in [0.29, 0.717) is 15.1 Å². The second-order valence-electron chi connectivity index (χ2n) is 5.22. The lowest BCUT2D eigenvalue weighted by molar-refractivity contribution is -0.123. The number of thioether (sulfide) groups is 1. The average Bonchev–Trinajstić information content (AvgIpc) is 2.81. The van der Waals surface area contributed by atoms with E-state index in [1.165, 1.54) is 6.08 Å². The summed E-state index contributed by atoms with van der Waals surface area (Å²) in [7, 11) is 0. The molecule has 1 heterocycles. The molecule has 1 saturated heterocycles. The van der Waals surface area contributed by atoms with Gasteiger partial charge in [-0.15, -0.1) is 0 Å². The van der Waals surface area contributed by atoms with Gasteiger partial charge < -0.3 is 5.11 Å². The molecule has 2 amide bonds. The van der Waals surface area contributed by atoms with Crippen LogP contribution < -0.4 is 0 Å². The first-order valence-corrected chi connectivity index (χ1v) is 9.39. The molecule has 3 rings (SSSR count). The predicted octanol–water partition coefficient (Wildman–Crippen LogP) is 5.70. The molecule has 128 valence electrons. The van der Waals surface area contributed by atoms with Crippen LogP contribution in [0.15, 0.2) is 45.8 Å². The van der Waals surface area contributed by atoms with Crippen molar-refractivity contribution in [2.24, 2.45) is 0 Å². The molecule has 0 atom stereocenters. The van der Waals surface area contributed by atoms with Crippen LogP contribution in [-0.4, -0.2) is 21.2 Å². The van der Waals surface area contributed by atoms with Crippen LogP contribution in [0.25, 0.3) is 6.08 Å². The number of benzene rings is 2. The number of halogens is 3. The van der Waals surface area contributed by atoms with Gasteiger partial charge in [0.05, 0.1) is 16.5 Å². The molecule has 0 saturated carbocycles. The van der Waals surface area contributed by atoms with Crippen LogP contribution in [0.1, 0.15) is 11.1 Å². The Kier molecular flexibility index (Phi) is 5.43. The summed E-state index contributed by atoms with van der Waals surface area (Å²) >= 11 is 15.9. The first kappa shape index (κ1) is 18.3. The molecule has 2 aromatic carbocycles. The van der Waals surface area contributed by atoms with Crippen molar-refractivity contribution in [2.45, 2.75) is 6.54 Å². The third-order valence-corrected chi connectivity index (χ3v) is 5.38. The van der Waals surface area contributed by atoms with Crippen molar-refractivity contribution in [1.82, 2.24) is 4.90 Å². The van der Waals surface area contributed by atoms with Crippen LogP contribution >= 0.6 is 50.9 Å². The summed E-state index contributed by atoms with van der Waals surface area (Å²) in [4.78, 5) is 26.1. The number of aromatic hydroxyl groups is 1. The van der Waals surface area contributed by atoms with Gasteiger partial charge in [-0.2, -0.15) is 0 Å². The second-order valence-corrected chi connectivity index (χ2v) is 7.97. The van der Waals surface area contributed by atoms with Gasteiger partial charge in [-0.3, -0.25) is 14.5 Å². The number of amides is 2. The van der Waals surface area contributed by atoms with Gasteiger partial charge in [0.15, 0.2) is 0 Å². The van der Waals surface area contributed by atoms with E-state index < -0.39 is 5.91 Å². The van der Waals surface area contributed by atoms with Crippen LogP contribution in [0.2, 0.25) is 10.0 Å². The maximum absolute atomic E-state index is 12.5. The number of carbonyl (C=O) groups is 2. The molecular weight excluding hydrogens is 449 g/mol. The fraction of sp³-hybridized carbons (Fsp3) is 0.0588. The summed E-state index contributed by atoms with van der Waals surface area (Å²) in [5.74, 6) is -0.560. The molecule has 0 spiro atoms. The van der Waals surface area contributed by atoms with Crippen molar-refractivity contribution >= 4 is 68.1 Å². The summed E-state index contributed by atoms with van der Waals surface area (Å²) < 4.78 is 0.655. The quantitative estimate of drug-likeness (QED) is 0.599. The van der Waals surface area contributed by atoms with E-state index in [4.69, 9.17) is 23.2 Å². The van der Waals surface area contributed by atoms with Crippen LogP contribution in [-0.2, 0) is 11.3 Å². The Hall–Kier alpha value is -1.47. The summed E-state index contributed by atoms with van der Waals surface area (Å²) in [6, 6.07) is 10.1. The number of nitrogens with zero attached hydrogens (tertiary/aromatic N) is 1. The van der Waals surface area contributed by atoms with Crippen LogP contribution in [0.5, 0.6) is 5.75 Å². The molecule has 4 nitrogen and oxygen atoms in total. The Bertz CT molecular complexity index is 900. The molecule has 2 aromatic rings. The van der Waals surface area contributed by atoms with Gasteiger partial charge in [0.25, 0.3) is 11.1 Å². The zero-order valence-electron chi connectivity index (χ0n) is 12.5. The molecule has 1 aliphatic rings. The van der Waals surface area contributed by atoms with Crippen molar-refractivity contribution in [1.29, 1.82) is 0 Å². The first-order chi connectivity index (χ1) is 11.8. The molecule has 8 heteroatoms. The summed E-state index contributed by atoms with van der Waals surface area (Å²) in [6.07, 6.45) is 1.46. The Morgan fingerprint density at radius 2 is 1.84 bits per heavy atom. The van der Waals surface area contributed by atoms with Gasteiger partial charge in [0, 0.05) is 15.1 Å². The lowest BCUT2D eigenvalue weighted by Gasteiger charge is -2.12. The van der Waals surface area contributed by atoms with Crippen molar-refractivity contribution in [2.75, 3.05) is 0 Å². The van der Waals surface area contributed by atoms with Gasteiger partial charge >= 0.3 is 0 Å². The number of hydrogen-bond acceptors (Lipinski definition) is 4. The molecule has 0 unspecified atom stereocenters. The van der Waals surface area contributed by atoms with E-state index in [0.717, 1.165) is 22.2 Å². The highest BCUT2D eigenvalue weighted by Gasteiger charge is 2.35. The third-order valence-electron chi connectivity index (χ3n) is 3.47. The Labute approximate surface area is 166 Å². The highest BCUT2D eigenvalue weighted by Crippen LogP contribution is 2.37. The van der Waals surface area contributed by atoms with Gasteiger partial charge in [0.2, 0.25) is 0 Å². The molecule has 0 radical (unpaired) electrons. The van der Waals surface area contributed by atoms with Crippen molar-refractivity contribution in [3.05, 3.63) is 66.9 Å². The summed E-state index contributed by atoms with van der Waals surface area (Å²) in [6.45, 7) is 0.157. The smallest absolute Gasteiger partial charge is 0.293 e. The highest BCUT2D eigenvalue weighted by atomic mass is 79.9. The molecule has 0 bridgehead atoms. The number of phenolic OH excluding ortho intramolecular Hbond substituents is 1. The number of rotatable bonds is 3. The Balaban J connectivity index is 1.87. The largest absolute Gasteiger partial charge is 0.506 e. The molecular formula is C17H10BrCl2NO3S. The maximum atomic E-state index is 12.5. The maximum Gasteiger partial charge on any atom is 0.293 e. The molecule has 1 fully saturated rings. The van der Waals surface area contributed by atoms with Crippen molar-refractivity contribution in [3.8, 4) is 5.75 Å². The van der Waals surface area contributed by atoms with E-state index in [9.17, 15) is 14.7 Å². The molecule has 1 aliphatic heterocycles. The van der Waals surface area contributed by atoms with Gasteiger partial charge in [-0.25, -0.2) is 0 Å². The number of imide groups is 1. The normalized spacial score (nSPS) is 16.1. The van der Waals surface area contributed by atoms with Gasteiger partial charge in [-0.1, -0.05) is 51.3 Å². The van der Waals surface area contributed by atoms with Gasteiger partial charge in [0.1, 0.15) is 5.75 Å². The summed E-state index contributed by atoms with van der Waals surface area (Å²) in [5, 5.41) is 10.4. The Morgan fingerprint density at radius 1 is 1.16 bits per heavy atom. The van der Waals surface area contributed by atoms with Gasteiger partial charge in [-0.05, 0) is 47.7 Å². The van der Waals surface area contributed by atoms with E-state index >= 15 is 0 Å². The van der Waals surface area contributed by atoms with E-state index in [-0.39, 0.29) is 27.5 Å². The number of carbonyl (C=O) groups excluding carboxylic acids is 2. The standard InChI is InChI=1S/C17H10BrCl2NO3S/c18-11-5-10(15(22)13(20)7-11)6-14-16(23)21(17(24)25-14)8-9-1-3-12(19)4-2-9/h1-7,22H,8H2/b14-6-.